The average Bonchev–Trinajstić information content (AvgIpc) is 2.73. The van der Waals surface area contributed by atoms with Gasteiger partial charge in [-0.1, -0.05) is 12.1 Å². The van der Waals surface area contributed by atoms with Crippen LogP contribution in [0.3, 0.4) is 0 Å². The van der Waals surface area contributed by atoms with Gasteiger partial charge in [0, 0.05) is 26.2 Å². The van der Waals surface area contributed by atoms with Crippen molar-refractivity contribution in [3.63, 3.8) is 0 Å². The summed E-state index contributed by atoms with van der Waals surface area (Å²) in [6.45, 7) is 1.89. The number of nitrogens with one attached hydrogen (secondary N) is 1. The van der Waals surface area contributed by atoms with E-state index in [0.717, 1.165) is 29.6 Å². The van der Waals surface area contributed by atoms with Crippen LogP contribution in [0.25, 0.3) is 0 Å². The first-order valence-electron chi connectivity index (χ1n) is 8.77. The van der Waals surface area contributed by atoms with E-state index in [2.05, 4.69) is 9.62 Å². The summed E-state index contributed by atoms with van der Waals surface area (Å²) < 4.78 is 45.7. The van der Waals surface area contributed by atoms with E-state index >= 15 is 0 Å². The number of piperazine rings is 1. The molecule has 1 aliphatic rings. The summed E-state index contributed by atoms with van der Waals surface area (Å²) in [6, 6.07) is 10.8. The van der Waals surface area contributed by atoms with Crippen LogP contribution < -0.4 is 14.4 Å². The van der Waals surface area contributed by atoms with Crippen molar-refractivity contribution in [1.82, 2.24) is 9.62 Å². The number of carbonyl (C=O) groups excluding carboxylic acids is 1. The Morgan fingerprint density at radius 3 is 2.43 bits per heavy atom. The lowest BCUT2D eigenvalue weighted by Crippen LogP contribution is -2.49. The van der Waals surface area contributed by atoms with Crippen molar-refractivity contribution in [2.24, 2.45) is 0 Å². The maximum atomic E-state index is 14.2. The third kappa shape index (κ3) is 3.95. The third-order valence-corrected chi connectivity index (χ3v) is 6.15. The maximum Gasteiger partial charge on any atom is 0.256 e. The quantitative estimate of drug-likeness (QED) is 0.816. The molecule has 0 aromatic heterocycles. The zero-order chi connectivity index (χ0) is 20.3. The van der Waals surface area contributed by atoms with E-state index in [4.69, 9.17) is 4.74 Å². The number of sulfonamides is 1. The van der Waals surface area contributed by atoms with Gasteiger partial charge in [0.1, 0.15) is 11.6 Å². The number of rotatable bonds is 5. The van der Waals surface area contributed by atoms with Gasteiger partial charge in [0.15, 0.2) is 0 Å². The Bertz CT molecular complexity index is 973. The predicted octanol–water partition coefficient (Wildman–Crippen LogP) is 1.70. The van der Waals surface area contributed by atoms with E-state index in [1.807, 2.05) is 24.3 Å². The van der Waals surface area contributed by atoms with E-state index < -0.39 is 21.7 Å². The zero-order valence-electron chi connectivity index (χ0n) is 15.7. The first kappa shape index (κ1) is 20.1. The molecule has 1 amide bonds. The van der Waals surface area contributed by atoms with Crippen molar-refractivity contribution >= 4 is 21.6 Å². The fourth-order valence-electron chi connectivity index (χ4n) is 3.17. The highest BCUT2D eigenvalue weighted by molar-refractivity contribution is 7.89. The number of halogens is 1. The summed E-state index contributed by atoms with van der Waals surface area (Å²) in [5, 5.41) is 0. The van der Waals surface area contributed by atoms with Gasteiger partial charge in [-0.3, -0.25) is 4.79 Å². The molecule has 0 saturated carbocycles. The number of methoxy groups -OCH3 is 1. The minimum atomic E-state index is -3.76. The topological polar surface area (TPSA) is 79.0 Å². The van der Waals surface area contributed by atoms with Crippen LogP contribution in [-0.4, -0.2) is 59.6 Å². The van der Waals surface area contributed by atoms with Crippen molar-refractivity contribution in [2.45, 2.75) is 4.90 Å². The molecular formula is C19H22FN3O4S. The number of anilines is 1. The van der Waals surface area contributed by atoms with Crippen LogP contribution in [0.1, 0.15) is 10.4 Å². The molecule has 1 heterocycles. The van der Waals surface area contributed by atoms with Crippen molar-refractivity contribution < 1.29 is 22.3 Å². The Morgan fingerprint density at radius 2 is 1.79 bits per heavy atom. The van der Waals surface area contributed by atoms with Gasteiger partial charge in [0.05, 0.1) is 23.3 Å². The van der Waals surface area contributed by atoms with Gasteiger partial charge in [-0.15, -0.1) is 0 Å². The van der Waals surface area contributed by atoms with Crippen molar-refractivity contribution in [2.75, 3.05) is 45.2 Å². The summed E-state index contributed by atoms with van der Waals surface area (Å²) in [4.78, 5) is 16.3. The van der Waals surface area contributed by atoms with Gasteiger partial charge in [-0.2, -0.15) is 0 Å². The van der Waals surface area contributed by atoms with E-state index in [9.17, 15) is 17.6 Å². The zero-order valence-corrected chi connectivity index (χ0v) is 16.5. The number of hydrogen-bond acceptors (Lipinski definition) is 5. The first-order chi connectivity index (χ1) is 13.4. The smallest absolute Gasteiger partial charge is 0.256 e. The van der Waals surface area contributed by atoms with Crippen LogP contribution in [-0.2, 0) is 10.0 Å². The Hall–Kier alpha value is -2.65. The highest BCUT2D eigenvalue weighted by Crippen LogP contribution is 2.28. The molecule has 9 heteroatoms. The fourth-order valence-corrected chi connectivity index (χ4v) is 3.92. The lowest BCUT2D eigenvalue weighted by atomic mass is 10.1. The van der Waals surface area contributed by atoms with Crippen LogP contribution >= 0.6 is 0 Å². The van der Waals surface area contributed by atoms with Gasteiger partial charge in [0.25, 0.3) is 5.91 Å². The molecule has 0 bridgehead atoms. The lowest BCUT2D eigenvalue weighted by Gasteiger charge is -2.36. The SMILES string of the molecule is CNS(=O)(=O)c1ccc(F)c(C(=O)N2CCN(c3ccccc3OC)CC2)c1. The molecule has 0 radical (unpaired) electrons. The molecule has 3 rings (SSSR count). The Kier molecular flexibility index (Phi) is 5.85. The highest BCUT2D eigenvalue weighted by atomic mass is 32.2. The molecule has 1 N–H and O–H groups in total. The van der Waals surface area contributed by atoms with Crippen LogP contribution in [0.4, 0.5) is 10.1 Å². The number of nitrogens with zero attached hydrogens (tertiary/aromatic N) is 2. The maximum absolute atomic E-state index is 14.2. The second-order valence-electron chi connectivity index (χ2n) is 6.30. The number of para-hydroxylation sites is 2. The normalized spacial score (nSPS) is 14.8. The average molecular weight is 407 g/mol. The molecule has 0 spiro atoms. The minimum absolute atomic E-state index is 0.146. The number of carbonyl (C=O) groups is 1. The van der Waals surface area contributed by atoms with Gasteiger partial charge in [0.2, 0.25) is 10.0 Å². The Morgan fingerprint density at radius 1 is 1.11 bits per heavy atom. The largest absolute Gasteiger partial charge is 0.495 e. The molecular weight excluding hydrogens is 385 g/mol. The first-order valence-corrected chi connectivity index (χ1v) is 10.3. The Balaban J connectivity index is 1.76. The van der Waals surface area contributed by atoms with Gasteiger partial charge >= 0.3 is 0 Å². The van der Waals surface area contributed by atoms with Crippen LogP contribution in [0.15, 0.2) is 47.4 Å². The van der Waals surface area contributed by atoms with Crippen LogP contribution in [0.5, 0.6) is 5.75 Å². The lowest BCUT2D eigenvalue weighted by molar-refractivity contribution is 0.0741. The number of hydrogen-bond donors (Lipinski definition) is 1. The summed E-state index contributed by atoms with van der Waals surface area (Å²) in [7, 11) is -0.898. The van der Waals surface area contributed by atoms with Crippen LogP contribution in [0, 0.1) is 5.82 Å². The molecule has 0 unspecified atom stereocenters. The summed E-state index contributed by atoms with van der Waals surface area (Å²) in [5.74, 6) is -0.518. The summed E-state index contributed by atoms with van der Waals surface area (Å²) in [5.41, 5.74) is 0.687. The predicted molar refractivity (Wildman–Crippen MR) is 104 cm³/mol. The van der Waals surface area contributed by atoms with Crippen molar-refractivity contribution in [3.05, 3.63) is 53.8 Å². The molecule has 0 aliphatic carbocycles. The second kappa shape index (κ2) is 8.15. The number of amides is 1. The molecule has 1 fully saturated rings. The molecule has 2 aromatic rings. The van der Waals surface area contributed by atoms with E-state index in [1.54, 1.807) is 7.11 Å². The summed E-state index contributed by atoms with van der Waals surface area (Å²) in [6.07, 6.45) is 0. The molecule has 1 saturated heterocycles. The standard InChI is InChI=1S/C19H22FN3O4S/c1-21-28(25,26)14-7-8-16(20)15(13-14)19(24)23-11-9-22(10-12-23)17-5-3-4-6-18(17)27-2/h3-8,13,21H,9-12H2,1-2H3. The molecule has 28 heavy (non-hydrogen) atoms. The molecule has 150 valence electrons. The molecule has 0 atom stereocenters. The minimum Gasteiger partial charge on any atom is -0.495 e. The summed E-state index contributed by atoms with van der Waals surface area (Å²) >= 11 is 0. The van der Waals surface area contributed by atoms with Gasteiger partial charge in [-0.25, -0.2) is 17.5 Å². The number of ether oxygens (including phenoxy) is 1. The number of benzene rings is 2. The van der Waals surface area contributed by atoms with E-state index in [0.29, 0.717) is 26.2 Å². The van der Waals surface area contributed by atoms with Crippen LogP contribution in [0.2, 0.25) is 0 Å². The second-order valence-corrected chi connectivity index (χ2v) is 8.19. The van der Waals surface area contributed by atoms with Gasteiger partial charge in [-0.05, 0) is 37.4 Å². The van der Waals surface area contributed by atoms with E-state index in [1.165, 1.54) is 11.9 Å². The van der Waals surface area contributed by atoms with Crippen molar-refractivity contribution in [1.29, 1.82) is 0 Å². The molecule has 2 aromatic carbocycles. The monoisotopic (exact) mass is 407 g/mol. The molecule has 1 aliphatic heterocycles. The third-order valence-electron chi connectivity index (χ3n) is 4.74. The fraction of sp³-hybridized carbons (Fsp3) is 0.316. The molecule has 7 nitrogen and oxygen atoms in total. The van der Waals surface area contributed by atoms with E-state index in [-0.39, 0.29) is 10.5 Å². The van der Waals surface area contributed by atoms with Gasteiger partial charge < -0.3 is 14.5 Å². The Labute approximate surface area is 163 Å². The van der Waals surface area contributed by atoms with Crippen molar-refractivity contribution in [3.8, 4) is 5.75 Å². The highest BCUT2D eigenvalue weighted by Gasteiger charge is 2.26.